The van der Waals surface area contributed by atoms with Crippen LogP contribution in [0.5, 0.6) is 5.75 Å². The summed E-state index contributed by atoms with van der Waals surface area (Å²) in [6, 6.07) is 6.21. The van der Waals surface area contributed by atoms with Gasteiger partial charge in [0.25, 0.3) is 0 Å². The predicted molar refractivity (Wildman–Crippen MR) is 79.5 cm³/mol. The highest BCUT2D eigenvalue weighted by Crippen LogP contribution is 2.29. The molecular weight excluding hydrogens is 294 g/mol. The van der Waals surface area contributed by atoms with Crippen molar-refractivity contribution in [1.29, 1.82) is 0 Å². The van der Waals surface area contributed by atoms with Gasteiger partial charge >= 0.3 is 0 Å². The van der Waals surface area contributed by atoms with E-state index in [-0.39, 0.29) is 5.60 Å². The van der Waals surface area contributed by atoms with Crippen molar-refractivity contribution in [2.24, 2.45) is 0 Å². The molecule has 1 N–H and O–H groups in total. The minimum atomic E-state index is -0.127. The van der Waals surface area contributed by atoms with Gasteiger partial charge in [0.1, 0.15) is 5.75 Å². The third-order valence-corrected chi connectivity index (χ3v) is 3.62. The summed E-state index contributed by atoms with van der Waals surface area (Å²) < 4.78 is 11.7. The number of hydrogen-bond acceptors (Lipinski definition) is 3. The minimum Gasteiger partial charge on any atom is -0.497 e. The number of nitrogens with one attached hydrogen (secondary N) is 1. The zero-order valence-corrected chi connectivity index (χ0v) is 13.3. The molecule has 0 fully saturated rings. The van der Waals surface area contributed by atoms with Crippen molar-refractivity contribution in [1.82, 2.24) is 0 Å². The summed E-state index contributed by atoms with van der Waals surface area (Å²) in [5.74, 6) is 0.846. The van der Waals surface area contributed by atoms with E-state index in [1.165, 1.54) is 0 Å². The van der Waals surface area contributed by atoms with E-state index >= 15 is 0 Å². The lowest BCUT2D eigenvalue weighted by Crippen LogP contribution is -2.31. The molecule has 1 rings (SSSR count). The van der Waals surface area contributed by atoms with Crippen molar-refractivity contribution < 1.29 is 9.47 Å². The van der Waals surface area contributed by atoms with Crippen LogP contribution in [0.2, 0.25) is 0 Å². The first-order valence-electron chi connectivity index (χ1n) is 6.03. The van der Waals surface area contributed by atoms with E-state index in [9.17, 15) is 0 Å². The average Bonchev–Trinajstić information content (AvgIpc) is 2.31. The normalized spacial score (nSPS) is 13.2. The summed E-state index contributed by atoms with van der Waals surface area (Å²) in [6.07, 6.45) is 0.924. The first-order valence-corrected chi connectivity index (χ1v) is 6.82. The van der Waals surface area contributed by atoms with Crippen molar-refractivity contribution in [3.8, 4) is 5.75 Å². The number of benzene rings is 1. The molecule has 0 saturated heterocycles. The summed E-state index contributed by atoms with van der Waals surface area (Å²) in [5, 5.41) is 3.47. The standard InChI is InChI=1S/C14H22BrNO2/c1-10(9-14(2,3)18-5)16-13-8-11(17-4)6-7-12(13)15/h6-8,10,16H,9H2,1-5H3. The smallest absolute Gasteiger partial charge is 0.121 e. The van der Waals surface area contributed by atoms with Gasteiger partial charge in [-0.2, -0.15) is 0 Å². The second kappa shape index (κ2) is 6.43. The fourth-order valence-electron chi connectivity index (χ4n) is 1.88. The van der Waals surface area contributed by atoms with E-state index in [1.807, 2.05) is 18.2 Å². The molecule has 102 valence electrons. The molecule has 1 aromatic carbocycles. The molecule has 0 saturated carbocycles. The van der Waals surface area contributed by atoms with Gasteiger partial charge in [-0.1, -0.05) is 0 Å². The highest BCUT2D eigenvalue weighted by molar-refractivity contribution is 9.10. The molecule has 18 heavy (non-hydrogen) atoms. The Labute approximate surface area is 118 Å². The Bertz CT molecular complexity index is 393. The number of ether oxygens (including phenoxy) is 2. The van der Waals surface area contributed by atoms with Crippen LogP contribution >= 0.6 is 15.9 Å². The second-order valence-electron chi connectivity index (χ2n) is 5.06. The van der Waals surface area contributed by atoms with Gasteiger partial charge in [-0.25, -0.2) is 0 Å². The van der Waals surface area contributed by atoms with E-state index in [4.69, 9.17) is 9.47 Å². The van der Waals surface area contributed by atoms with E-state index in [0.717, 1.165) is 22.3 Å². The maximum atomic E-state index is 5.44. The Morgan fingerprint density at radius 3 is 2.56 bits per heavy atom. The Balaban J connectivity index is 2.72. The Morgan fingerprint density at radius 2 is 2.00 bits per heavy atom. The van der Waals surface area contributed by atoms with Gasteiger partial charge in [-0.3, -0.25) is 0 Å². The average molecular weight is 316 g/mol. The number of methoxy groups -OCH3 is 2. The molecule has 0 aliphatic rings. The highest BCUT2D eigenvalue weighted by Gasteiger charge is 2.20. The van der Waals surface area contributed by atoms with Gasteiger partial charge in [0, 0.05) is 23.7 Å². The predicted octanol–water partition coefficient (Wildman–Crippen LogP) is 4.07. The molecule has 0 radical (unpaired) electrons. The SMILES string of the molecule is COc1ccc(Br)c(NC(C)CC(C)(C)OC)c1. The molecule has 1 atom stereocenters. The van der Waals surface area contributed by atoms with E-state index in [1.54, 1.807) is 14.2 Å². The molecular formula is C14H22BrNO2. The van der Waals surface area contributed by atoms with Crippen molar-refractivity contribution >= 4 is 21.6 Å². The van der Waals surface area contributed by atoms with Gasteiger partial charge < -0.3 is 14.8 Å². The van der Waals surface area contributed by atoms with Crippen LogP contribution in [-0.2, 0) is 4.74 Å². The van der Waals surface area contributed by atoms with Crippen LogP contribution in [0.15, 0.2) is 22.7 Å². The quantitative estimate of drug-likeness (QED) is 0.858. The second-order valence-corrected chi connectivity index (χ2v) is 5.91. The fraction of sp³-hybridized carbons (Fsp3) is 0.571. The number of hydrogen-bond donors (Lipinski definition) is 1. The molecule has 1 unspecified atom stereocenters. The van der Waals surface area contributed by atoms with Crippen LogP contribution in [-0.4, -0.2) is 25.9 Å². The summed E-state index contributed by atoms with van der Waals surface area (Å²) in [5.41, 5.74) is 0.909. The summed E-state index contributed by atoms with van der Waals surface area (Å²) >= 11 is 3.54. The molecule has 0 heterocycles. The fourth-order valence-corrected chi connectivity index (χ4v) is 2.24. The summed E-state index contributed by atoms with van der Waals surface area (Å²) in [4.78, 5) is 0. The molecule has 0 spiro atoms. The lowest BCUT2D eigenvalue weighted by Gasteiger charge is -2.28. The molecule has 0 amide bonds. The highest BCUT2D eigenvalue weighted by atomic mass is 79.9. The van der Waals surface area contributed by atoms with E-state index < -0.39 is 0 Å². The van der Waals surface area contributed by atoms with Crippen molar-refractivity contribution in [2.45, 2.75) is 38.8 Å². The molecule has 1 aromatic rings. The molecule has 3 nitrogen and oxygen atoms in total. The van der Waals surface area contributed by atoms with Crippen LogP contribution in [0, 0.1) is 0 Å². The van der Waals surface area contributed by atoms with Crippen LogP contribution in [0.4, 0.5) is 5.69 Å². The van der Waals surface area contributed by atoms with Crippen LogP contribution in [0.3, 0.4) is 0 Å². The van der Waals surface area contributed by atoms with Crippen LogP contribution in [0.25, 0.3) is 0 Å². The Morgan fingerprint density at radius 1 is 1.33 bits per heavy atom. The number of rotatable bonds is 6. The maximum Gasteiger partial charge on any atom is 0.121 e. The lowest BCUT2D eigenvalue weighted by atomic mass is 10.00. The first-order chi connectivity index (χ1) is 8.38. The van der Waals surface area contributed by atoms with E-state index in [0.29, 0.717) is 6.04 Å². The van der Waals surface area contributed by atoms with Crippen molar-refractivity contribution in [3.63, 3.8) is 0 Å². The van der Waals surface area contributed by atoms with Crippen LogP contribution in [0.1, 0.15) is 27.2 Å². The van der Waals surface area contributed by atoms with Gasteiger partial charge in [0.2, 0.25) is 0 Å². The van der Waals surface area contributed by atoms with Crippen molar-refractivity contribution in [3.05, 3.63) is 22.7 Å². The van der Waals surface area contributed by atoms with Gasteiger partial charge in [-0.15, -0.1) is 0 Å². The van der Waals surface area contributed by atoms with Crippen molar-refractivity contribution in [2.75, 3.05) is 19.5 Å². The van der Waals surface area contributed by atoms with E-state index in [2.05, 4.69) is 42.0 Å². The Kier molecular flexibility index (Phi) is 5.47. The zero-order valence-electron chi connectivity index (χ0n) is 11.7. The third-order valence-electron chi connectivity index (χ3n) is 2.93. The number of halogens is 1. The topological polar surface area (TPSA) is 30.5 Å². The largest absolute Gasteiger partial charge is 0.497 e. The summed E-state index contributed by atoms with van der Waals surface area (Å²) in [7, 11) is 3.42. The van der Waals surface area contributed by atoms with Gasteiger partial charge in [0.15, 0.2) is 0 Å². The van der Waals surface area contributed by atoms with Gasteiger partial charge in [0.05, 0.1) is 18.4 Å². The van der Waals surface area contributed by atoms with Gasteiger partial charge in [-0.05, 0) is 55.3 Å². The molecule has 0 aromatic heterocycles. The molecule has 0 aliphatic heterocycles. The lowest BCUT2D eigenvalue weighted by molar-refractivity contribution is 0.0128. The maximum absolute atomic E-state index is 5.44. The molecule has 4 heteroatoms. The minimum absolute atomic E-state index is 0.127. The third kappa shape index (κ3) is 4.50. The first kappa shape index (κ1) is 15.3. The monoisotopic (exact) mass is 315 g/mol. The molecule has 0 aliphatic carbocycles. The Hall–Kier alpha value is -0.740. The molecule has 0 bridgehead atoms. The summed E-state index contributed by atoms with van der Waals surface area (Å²) in [6.45, 7) is 6.32. The number of anilines is 1. The van der Waals surface area contributed by atoms with Crippen LogP contribution < -0.4 is 10.1 Å². The zero-order chi connectivity index (χ0) is 13.8.